The van der Waals surface area contributed by atoms with Crippen molar-refractivity contribution in [2.75, 3.05) is 7.11 Å². The molecule has 2 N–H and O–H groups in total. The highest BCUT2D eigenvalue weighted by Crippen LogP contribution is 2.34. The van der Waals surface area contributed by atoms with Crippen LogP contribution >= 0.6 is 22.6 Å². The van der Waals surface area contributed by atoms with E-state index in [-0.39, 0.29) is 17.6 Å². The van der Waals surface area contributed by atoms with E-state index >= 15 is 0 Å². The summed E-state index contributed by atoms with van der Waals surface area (Å²) in [6.07, 6.45) is 1.48. The number of rotatable bonds is 9. The van der Waals surface area contributed by atoms with Crippen LogP contribution < -0.4 is 20.2 Å². The Kier molecular flexibility index (Phi) is 9.42. The lowest BCUT2D eigenvalue weighted by Crippen LogP contribution is -2.48. The Morgan fingerprint density at radius 1 is 1.12 bits per heavy atom. The predicted molar refractivity (Wildman–Crippen MR) is 130 cm³/mol. The number of halogens is 2. The molecule has 0 aliphatic rings. The summed E-state index contributed by atoms with van der Waals surface area (Å²) in [7, 11) is 1.55. The van der Waals surface area contributed by atoms with Gasteiger partial charge in [0.25, 0.3) is 11.8 Å². The van der Waals surface area contributed by atoms with E-state index in [9.17, 15) is 14.0 Å². The van der Waals surface area contributed by atoms with Crippen molar-refractivity contribution in [2.45, 2.75) is 39.8 Å². The summed E-state index contributed by atoms with van der Waals surface area (Å²) in [5.41, 5.74) is 3.43. The maximum Gasteiger partial charge on any atom is 0.262 e. The quantitative estimate of drug-likeness (QED) is 0.277. The Morgan fingerprint density at radius 2 is 1.78 bits per heavy atom. The fraction of sp³-hybridized carbons (Fsp3) is 0.348. The molecule has 0 aromatic heterocycles. The van der Waals surface area contributed by atoms with Crippen LogP contribution in [0.5, 0.6) is 11.5 Å². The number of carbonyl (C=O) groups excluding carboxylic acids is 2. The molecule has 0 aliphatic carbocycles. The number of nitrogens with one attached hydrogen (secondary N) is 2. The molecule has 32 heavy (non-hydrogen) atoms. The van der Waals surface area contributed by atoms with E-state index in [2.05, 4.69) is 38.4 Å². The molecular formula is C23H27FIN3O4. The van der Waals surface area contributed by atoms with Crippen LogP contribution in [0.2, 0.25) is 0 Å². The van der Waals surface area contributed by atoms with E-state index in [1.165, 1.54) is 30.5 Å². The molecule has 7 nitrogen and oxygen atoms in total. The Balaban J connectivity index is 2.08. The first-order chi connectivity index (χ1) is 15.1. The van der Waals surface area contributed by atoms with Crippen molar-refractivity contribution in [1.29, 1.82) is 0 Å². The first-order valence-corrected chi connectivity index (χ1v) is 11.1. The van der Waals surface area contributed by atoms with Crippen LogP contribution in [-0.4, -0.2) is 37.3 Å². The first-order valence-electron chi connectivity index (χ1n) is 10.1. The number of nitrogens with zero attached hydrogens (tertiary/aromatic N) is 1. The van der Waals surface area contributed by atoms with Crippen LogP contribution in [0.15, 0.2) is 41.5 Å². The van der Waals surface area contributed by atoms with Crippen LogP contribution in [0.4, 0.5) is 4.39 Å². The van der Waals surface area contributed by atoms with Gasteiger partial charge >= 0.3 is 0 Å². The molecule has 0 aliphatic heterocycles. The Hall–Kier alpha value is -2.69. The smallest absolute Gasteiger partial charge is 0.262 e. The minimum atomic E-state index is -0.818. The maximum atomic E-state index is 13.1. The highest BCUT2D eigenvalue weighted by Gasteiger charge is 2.24. The van der Waals surface area contributed by atoms with E-state index in [0.29, 0.717) is 17.1 Å². The lowest BCUT2D eigenvalue weighted by atomic mass is 10.0. The van der Waals surface area contributed by atoms with Gasteiger partial charge in [-0.05, 0) is 84.3 Å². The van der Waals surface area contributed by atoms with Crippen LogP contribution in [-0.2, 0) is 4.79 Å². The third kappa shape index (κ3) is 7.18. The topological polar surface area (TPSA) is 89.0 Å². The van der Waals surface area contributed by atoms with Crippen molar-refractivity contribution in [2.24, 2.45) is 11.0 Å². The molecule has 0 spiro atoms. The number of hydrogen-bond donors (Lipinski definition) is 2. The number of methoxy groups -OCH3 is 1. The van der Waals surface area contributed by atoms with Gasteiger partial charge in [-0.25, -0.2) is 9.82 Å². The molecule has 1 unspecified atom stereocenters. The Morgan fingerprint density at radius 3 is 2.34 bits per heavy atom. The molecule has 0 bridgehead atoms. The third-order valence-electron chi connectivity index (χ3n) is 4.34. The van der Waals surface area contributed by atoms with Gasteiger partial charge in [-0.15, -0.1) is 0 Å². The molecule has 0 heterocycles. The fourth-order valence-electron chi connectivity index (χ4n) is 2.77. The summed E-state index contributed by atoms with van der Waals surface area (Å²) in [6, 6.07) is 7.90. The van der Waals surface area contributed by atoms with Crippen molar-refractivity contribution >= 4 is 40.6 Å². The summed E-state index contributed by atoms with van der Waals surface area (Å²) in [4.78, 5) is 25.0. The minimum Gasteiger partial charge on any atom is -0.493 e. The van der Waals surface area contributed by atoms with Crippen LogP contribution in [0.25, 0.3) is 0 Å². The van der Waals surface area contributed by atoms with Crippen molar-refractivity contribution in [3.63, 3.8) is 0 Å². The zero-order valence-electron chi connectivity index (χ0n) is 18.6. The van der Waals surface area contributed by atoms with E-state index < -0.39 is 23.7 Å². The maximum absolute atomic E-state index is 13.1. The number of hydrazone groups is 1. The molecule has 0 fully saturated rings. The monoisotopic (exact) mass is 555 g/mol. The van der Waals surface area contributed by atoms with E-state index in [0.717, 1.165) is 3.57 Å². The lowest BCUT2D eigenvalue weighted by Gasteiger charge is -2.20. The number of hydrogen-bond acceptors (Lipinski definition) is 5. The summed E-state index contributed by atoms with van der Waals surface area (Å²) >= 11 is 2.15. The van der Waals surface area contributed by atoms with E-state index in [4.69, 9.17) is 9.47 Å². The average Bonchev–Trinajstić information content (AvgIpc) is 2.73. The molecule has 0 saturated carbocycles. The van der Waals surface area contributed by atoms with Gasteiger partial charge < -0.3 is 14.8 Å². The van der Waals surface area contributed by atoms with Gasteiger partial charge in [-0.1, -0.05) is 13.8 Å². The second-order valence-electron chi connectivity index (χ2n) is 7.64. The molecule has 2 aromatic carbocycles. The molecule has 1 atom stereocenters. The number of amides is 2. The van der Waals surface area contributed by atoms with Crippen LogP contribution in [0, 0.1) is 15.3 Å². The van der Waals surface area contributed by atoms with Crippen molar-refractivity contribution in [3.8, 4) is 11.5 Å². The highest BCUT2D eigenvalue weighted by molar-refractivity contribution is 14.1. The highest BCUT2D eigenvalue weighted by atomic mass is 127. The molecule has 2 amide bonds. The normalized spacial score (nSPS) is 12.2. The molecular weight excluding hydrogens is 528 g/mol. The zero-order chi connectivity index (χ0) is 23.8. The van der Waals surface area contributed by atoms with Gasteiger partial charge in [-0.2, -0.15) is 5.10 Å². The second-order valence-corrected chi connectivity index (χ2v) is 8.80. The van der Waals surface area contributed by atoms with Crippen LogP contribution in [0.1, 0.15) is 43.6 Å². The van der Waals surface area contributed by atoms with Crippen molar-refractivity contribution in [3.05, 3.63) is 56.9 Å². The lowest BCUT2D eigenvalue weighted by molar-refractivity contribution is -0.123. The predicted octanol–water partition coefficient (Wildman–Crippen LogP) is 4.13. The molecule has 2 aromatic rings. The van der Waals surface area contributed by atoms with Gasteiger partial charge in [0.15, 0.2) is 11.5 Å². The van der Waals surface area contributed by atoms with Crippen molar-refractivity contribution < 1.29 is 23.5 Å². The fourth-order valence-corrected chi connectivity index (χ4v) is 3.52. The van der Waals surface area contributed by atoms with Gasteiger partial charge in [-0.3, -0.25) is 9.59 Å². The SMILES string of the molecule is COc1cc(C=NNC(=O)C(NC(=O)c2ccc(F)cc2)C(C)C)cc(I)c1OC(C)C. The van der Waals surface area contributed by atoms with Gasteiger partial charge in [0.2, 0.25) is 0 Å². The summed E-state index contributed by atoms with van der Waals surface area (Å²) < 4.78 is 25.1. The first kappa shape index (κ1) is 25.6. The second kappa shape index (κ2) is 11.8. The molecule has 0 radical (unpaired) electrons. The van der Waals surface area contributed by atoms with Crippen LogP contribution in [0.3, 0.4) is 0 Å². The van der Waals surface area contributed by atoms with E-state index in [1.807, 2.05) is 19.9 Å². The molecule has 9 heteroatoms. The van der Waals surface area contributed by atoms with E-state index in [1.54, 1.807) is 27.0 Å². The zero-order valence-corrected chi connectivity index (χ0v) is 20.8. The number of ether oxygens (including phenoxy) is 2. The summed E-state index contributed by atoms with van der Waals surface area (Å²) in [5, 5.41) is 6.69. The minimum absolute atomic E-state index is 0.00527. The number of benzene rings is 2. The Bertz CT molecular complexity index is 978. The molecule has 0 saturated heterocycles. The molecule has 2 rings (SSSR count). The van der Waals surface area contributed by atoms with Crippen molar-refractivity contribution in [1.82, 2.24) is 10.7 Å². The summed E-state index contributed by atoms with van der Waals surface area (Å²) in [6.45, 7) is 7.47. The number of carbonyl (C=O) groups is 2. The summed E-state index contributed by atoms with van der Waals surface area (Å²) in [5.74, 6) is -0.360. The standard InChI is InChI=1S/C23H27FIN3O4/c1-13(2)20(27-22(29)16-6-8-17(24)9-7-16)23(30)28-26-12-15-10-18(25)21(32-14(3)4)19(11-15)31-5/h6-14,20H,1-5H3,(H,27,29)(H,28,30). The Labute approximate surface area is 200 Å². The average molecular weight is 555 g/mol. The van der Waals surface area contributed by atoms with Gasteiger partial charge in [0.05, 0.1) is 23.0 Å². The molecule has 172 valence electrons. The van der Waals surface area contributed by atoms with Gasteiger partial charge in [0.1, 0.15) is 11.9 Å². The third-order valence-corrected chi connectivity index (χ3v) is 5.14. The largest absolute Gasteiger partial charge is 0.493 e. The van der Waals surface area contributed by atoms with Gasteiger partial charge in [0, 0.05) is 5.56 Å².